The number of carbonyl (C=O) groups is 2. The summed E-state index contributed by atoms with van der Waals surface area (Å²) in [5.41, 5.74) is 1.32. The normalized spacial score (nSPS) is 15.8. The van der Waals surface area contributed by atoms with Gasteiger partial charge in [-0.1, -0.05) is 17.7 Å². The Morgan fingerprint density at radius 2 is 1.91 bits per heavy atom. The van der Waals surface area contributed by atoms with Crippen LogP contribution >= 0.6 is 0 Å². The van der Waals surface area contributed by atoms with Crippen LogP contribution in [0.4, 0.5) is 5.69 Å². The quantitative estimate of drug-likeness (QED) is 0.549. The van der Waals surface area contributed by atoms with E-state index < -0.39 is 28.5 Å². The summed E-state index contributed by atoms with van der Waals surface area (Å²) in [4.78, 5) is 24.1. The Balaban J connectivity index is 1.66. The second kappa shape index (κ2) is 10.5. The topological polar surface area (TPSA) is 120 Å². The number of amides is 1. The smallest absolute Gasteiger partial charge is 0.338 e. The average Bonchev–Trinajstić information content (AvgIpc) is 3.30. The van der Waals surface area contributed by atoms with Gasteiger partial charge in [-0.3, -0.25) is 9.52 Å². The molecule has 2 aromatic rings. The third kappa shape index (κ3) is 6.21. The van der Waals surface area contributed by atoms with E-state index in [0.717, 1.165) is 24.5 Å². The molecule has 0 saturated carbocycles. The molecule has 0 radical (unpaired) electrons. The Bertz CT molecular complexity index is 1060. The number of aryl methyl sites for hydroxylation is 1. The highest BCUT2D eigenvalue weighted by molar-refractivity contribution is 7.92. The second-order valence-electron chi connectivity index (χ2n) is 7.35. The molecule has 1 aliphatic rings. The third-order valence-electron chi connectivity index (χ3n) is 4.88. The SMILES string of the molecule is COc1ccc(C(=O)OCC(=O)NCC2CCCO2)cc1S(=O)(=O)Nc1ccc(C)cc1. The van der Waals surface area contributed by atoms with E-state index in [-0.39, 0.29) is 22.3 Å². The van der Waals surface area contributed by atoms with Gasteiger partial charge in [0, 0.05) is 18.8 Å². The van der Waals surface area contributed by atoms with Crippen molar-refractivity contribution in [2.45, 2.75) is 30.8 Å². The molecular weight excluding hydrogens is 436 g/mol. The van der Waals surface area contributed by atoms with Crippen molar-refractivity contribution in [3.05, 3.63) is 53.6 Å². The molecule has 9 nitrogen and oxygen atoms in total. The molecule has 1 fully saturated rings. The predicted molar refractivity (Wildman–Crippen MR) is 117 cm³/mol. The lowest BCUT2D eigenvalue weighted by atomic mass is 10.2. The van der Waals surface area contributed by atoms with Crippen LogP contribution in [0.3, 0.4) is 0 Å². The molecular formula is C22H26N2O7S. The van der Waals surface area contributed by atoms with Gasteiger partial charge in [0.05, 0.1) is 18.8 Å². The van der Waals surface area contributed by atoms with E-state index in [1.54, 1.807) is 24.3 Å². The molecule has 32 heavy (non-hydrogen) atoms. The molecule has 0 aromatic heterocycles. The number of sulfonamides is 1. The zero-order chi connectivity index (χ0) is 23.1. The largest absolute Gasteiger partial charge is 0.495 e. The summed E-state index contributed by atoms with van der Waals surface area (Å²) in [7, 11) is -2.72. The lowest BCUT2D eigenvalue weighted by Crippen LogP contribution is -2.34. The van der Waals surface area contributed by atoms with Crippen molar-refractivity contribution in [2.75, 3.05) is 31.6 Å². The molecule has 0 aliphatic carbocycles. The van der Waals surface area contributed by atoms with Crippen molar-refractivity contribution >= 4 is 27.6 Å². The number of ether oxygens (including phenoxy) is 3. The standard InChI is InChI=1S/C22H26N2O7S/c1-15-5-8-17(9-6-15)24-32(27,28)20-12-16(7-10-19(20)29-2)22(26)31-14-21(25)23-13-18-4-3-11-30-18/h5-10,12,18,24H,3-4,11,13-14H2,1-2H3,(H,23,25). The van der Waals surface area contributed by atoms with Gasteiger partial charge in [0.25, 0.3) is 15.9 Å². The van der Waals surface area contributed by atoms with E-state index in [0.29, 0.717) is 18.8 Å². The van der Waals surface area contributed by atoms with Gasteiger partial charge in [-0.15, -0.1) is 0 Å². The Morgan fingerprint density at radius 1 is 1.16 bits per heavy atom. The molecule has 0 spiro atoms. The first kappa shape index (κ1) is 23.6. The minimum Gasteiger partial charge on any atom is -0.495 e. The van der Waals surface area contributed by atoms with Gasteiger partial charge in [-0.25, -0.2) is 13.2 Å². The van der Waals surface area contributed by atoms with Crippen LogP contribution in [0.1, 0.15) is 28.8 Å². The monoisotopic (exact) mass is 462 g/mol. The van der Waals surface area contributed by atoms with E-state index in [1.165, 1.54) is 19.2 Å². The number of nitrogens with one attached hydrogen (secondary N) is 2. The Kier molecular flexibility index (Phi) is 7.70. The molecule has 1 heterocycles. The maximum Gasteiger partial charge on any atom is 0.338 e. The Hall–Kier alpha value is -3.11. The summed E-state index contributed by atoms with van der Waals surface area (Å²) in [6, 6.07) is 10.7. The van der Waals surface area contributed by atoms with Crippen LogP contribution in [0.25, 0.3) is 0 Å². The minimum atomic E-state index is -4.05. The lowest BCUT2D eigenvalue weighted by molar-refractivity contribution is -0.124. The molecule has 2 N–H and O–H groups in total. The lowest BCUT2D eigenvalue weighted by Gasteiger charge is -2.13. The number of rotatable bonds is 9. The molecule has 3 rings (SSSR count). The molecule has 1 saturated heterocycles. The Morgan fingerprint density at radius 3 is 2.56 bits per heavy atom. The highest BCUT2D eigenvalue weighted by Crippen LogP contribution is 2.27. The van der Waals surface area contributed by atoms with Crippen molar-refractivity contribution in [2.24, 2.45) is 0 Å². The maximum absolute atomic E-state index is 12.9. The molecule has 1 atom stereocenters. The number of benzene rings is 2. The van der Waals surface area contributed by atoms with Crippen LogP contribution in [0.2, 0.25) is 0 Å². The fourth-order valence-corrected chi connectivity index (χ4v) is 4.40. The van der Waals surface area contributed by atoms with E-state index in [9.17, 15) is 18.0 Å². The van der Waals surface area contributed by atoms with Gasteiger partial charge in [0.1, 0.15) is 10.6 Å². The number of hydrogen-bond donors (Lipinski definition) is 2. The number of methoxy groups -OCH3 is 1. The summed E-state index contributed by atoms with van der Waals surface area (Å²) in [6.45, 7) is 2.43. The van der Waals surface area contributed by atoms with E-state index in [4.69, 9.17) is 14.2 Å². The third-order valence-corrected chi connectivity index (χ3v) is 6.28. The van der Waals surface area contributed by atoms with Crippen LogP contribution in [-0.2, 0) is 24.3 Å². The molecule has 10 heteroatoms. The molecule has 1 unspecified atom stereocenters. The summed E-state index contributed by atoms with van der Waals surface area (Å²) >= 11 is 0. The van der Waals surface area contributed by atoms with Crippen LogP contribution in [0.15, 0.2) is 47.4 Å². The first-order chi connectivity index (χ1) is 15.3. The van der Waals surface area contributed by atoms with E-state index in [1.807, 2.05) is 6.92 Å². The van der Waals surface area contributed by atoms with Crippen molar-refractivity contribution < 1.29 is 32.2 Å². The predicted octanol–water partition coefficient (Wildman–Crippen LogP) is 2.26. The molecule has 0 bridgehead atoms. The van der Waals surface area contributed by atoms with Gasteiger partial charge < -0.3 is 19.5 Å². The summed E-state index contributed by atoms with van der Waals surface area (Å²) in [5, 5.41) is 2.65. The van der Waals surface area contributed by atoms with Crippen molar-refractivity contribution in [1.82, 2.24) is 5.32 Å². The number of esters is 1. The second-order valence-corrected chi connectivity index (χ2v) is 9.00. The average molecular weight is 463 g/mol. The molecule has 2 aromatic carbocycles. The van der Waals surface area contributed by atoms with Crippen LogP contribution < -0.4 is 14.8 Å². The van der Waals surface area contributed by atoms with Crippen molar-refractivity contribution in [3.63, 3.8) is 0 Å². The molecule has 1 amide bonds. The molecule has 172 valence electrons. The number of hydrogen-bond acceptors (Lipinski definition) is 7. The first-order valence-electron chi connectivity index (χ1n) is 10.1. The van der Waals surface area contributed by atoms with Crippen LogP contribution in [-0.4, -0.2) is 53.3 Å². The minimum absolute atomic E-state index is 0.0231. The van der Waals surface area contributed by atoms with Crippen molar-refractivity contribution in [1.29, 1.82) is 0 Å². The zero-order valence-corrected chi connectivity index (χ0v) is 18.7. The zero-order valence-electron chi connectivity index (χ0n) is 17.9. The van der Waals surface area contributed by atoms with E-state index in [2.05, 4.69) is 10.0 Å². The van der Waals surface area contributed by atoms with Crippen LogP contribution in [0.5, 0.6) is 5.75 Å². The summed E-state index contributed by atoms with van der Waals surface area (Å²) in [6.07, 6.45) is 1.81. The van der Waals surface area contributed by atoms with Gasteiger partial charge in [-0.2, -0.15) is 0 Å². The number of anilines is 1. The highest BCUT2D eigenvalue weighted by atomic mass is 32.2. The van der Waals surface area contributed by atoms with E-state index >= 15 is 0 Å². The Labute approximate surface area is 187 Å². The fraction of sp³-hybridized carbons (Fsp3) is 0.364. The summed E-state index contributed by atoms with van der Waals surface area (Å²) in [5.74, 6) is -1.22. The van der Waals surface area contributed by atoms with Crippen LogP contribution in [0, 0.1) is 6.92 Å². The van der Waals surface area contributed by atoms with Crippen molar-refractivity contribution in [3.8, 4) is 5.75 Å². The van der Waals surface area contributed by atoms with Gasteiger partial charge in [0.2, 0.25) is 0 Å². The number of carbonyl (C=O) groups excluding carboxylic acids is 2. The van der Waals surface area contributed by atoms with Gasteiger partial charge in [-0.05, 0) is 50.1 Å². The van der Waals surface area contributed by atoms with Gasteiger partial charge in [0.15, 0.2) is 6.61 Å². The first-order valence-corrected chi connectivity index (χ1v) is 11.6. The van der Waals surface area contributed by atoms with Gasteiger partial charge >= 0.3 is 5.97 Å². The summed E-state index contributed by atoms with van der Waals surface area (Å²) < 4.78 is 43.9. The molecule has 1 aliphatic heterocycles. The fourth-order valence-electron chi connectivity index (χ4n) is 3.14. The maximum atomic E-state index is 12.9. The highest BCUT2D eigenvalue weighted by Gasteiger charge is 2.23.